The minimum atomic E-state index is -0.291. The maximum absolute atomic E-state index is 12.6. The number of hydrogen-bond donors (Lipinski definition) is 2. The van der Waals surface area contributed by atoms with Crippen molar-refractivity contribution in [2.45, 2.75) is 136 Å². The summed E-state index contributed by atoms with van der Waals surface area (Å²) in [4.78, 5) is 22.6. The second-order valence-electron chi connectivity index (χ2n) is 17.9. The third kappa shape index (κ3) is 10.1. The van der Waals surface area contributed by atoms with Crippen LogP contribution in [-0.2, 0) is 53.9 Å². The number of esters is 1. The summed E-state index contributed by atoms with van der Waals surface area (Å²) in [5.41, 5.74) is 4.69. The number of hydrogen-bond acceptors (Lipinski definition) is 7. The number of phenolic OH excluding ortho intramolecular Hbond substituents is 2. The predicted octanol–water partition coefficient (Wildman–Crippen LogP) is 9.11. The maximum Gasteiger partial charge on any atom is 0.309 e. The Labute approximate surface area is 316 Å². The fourth-order valence-electron chi connectivity index (χ4n) is 7.57. The average Bonchev–Trinajstić information content (AvgIpc) is 3.67. The van der Waals surface area contributed by atoms with E-state index in [-0.39, 0.29) is 69.4 Å². The first-order valence-electron chi connectivity index (χ1n) is 18.6. The molecule has 8 heteroatoms. The molecule has 2 aromatic carbocycles. The Bertz CT molecular complexity index is 1620. The minimum absolute atomic E-state index is 0. The number of carbonyl (C=O) groups excluding carboxylic acids is 1. The van der Waals surface area contributed by atoms with Crippen LogP contribution in [0.5, 0.6) is 11.5 Å². The standard InChI is InChI=1S/C43H60N2O5.Co/c1-41(2,3)32-22-31(39(47)35(23-32)43(7,8)9)25-45-37-13-11-10-12-36(37)44-24-30-19-28(21-34(38(30)46)42(4,5)6)26-49-16-17-50-40(48)33-20-27-14-15-29(33)18-27;/h14-15,19,21-25,27,29,33,36-37,46-47H,10-13,16-18,20,26H2,1-9H3;/t27?,29?,33?,36?,37-;/m1./s1. The van der Waals surface area contributed by atoms with Gasteiger partial charge in [0.15, 0.2) is 0 Å². The zero-order valence-corrected chi connectivity index (χ0v) is 33.3. The third-order valence-corrected chi connectivity index (χ3v) is 10.6. The summed E-state index contributed by atoms with van der Waals surface area (Å²) in [6, 6.07) is 8.07. The van der Waals surface area contributed by atoms with Crippen LogP contribution in [0.15, 0.2) is 46.4 Å². The van der Waals surface area contributed by atoms with Gasteiger partial charge in [-0.25, -0.2) is 0 Å². The van der Waals surface area contributed by atoms with Crippen LogP contribution in [0, 0.1) is 17.8 Å². The molecule has 7 nitrogen and oxygen atoms in total. The zero-order chi connectivity index (χ0) is 36.4. The number of rotatable bonds is 10. The second-order valence-corrected chi connectivity index (χ2v) is 17.9. The van der Waals surface area contributed by atoms with Crippen molar-refractivity contribution in [2.75, 3.05) is 13.2 Å². The molecule has 0 aliphatic heterocycles. The number of ether oxygens (including phenoxy) is 2. The summed E-state index contributed by atoms with van der Waals surface area (Å²) in [6.45, 7) is 20.1. The van der Waals surface area contributed by atoms with Crippen molar-refractivity contribution in [1.82, 2.24) is 0 Å². The predicted molar refractivity (Wildman–Crippen MR) is 203 cm³/mol. The van der Waals surface area contributed by atoms with Gasteiger partial charge in [-0.3, -0.25) is 14.8 Å². The van der Waals surface area contributed by atoms with Crippen LogP contribution in [0.2, 0.25) is 0 Å². The van der Waals surface area contributed by atoms with E-state index in [2.05, 4.69) is 86.6 Å². The van der Waals surface area contributed by atoms with Gasteiger partial charge in [0.25, 0.3) is 0 Å². The number of aliphatic imine (C=N–C) groups is 2. The summed E-state index contributed by atoms with van der Waals surface area (Å²) in [6.07, 6.45) is 14.0. The molecule has 2 N–H and O–H groups in total. The van der Waals surface area contributed by atoms with Crippen LogP contribution < -0.4 is 0 Å². The fourth-order valence-corrected chi connectivity index (χ4v) is 7.57. The largest absolute Gasteiger partial charge is 0.507 e. The van der Waals surface area contributed by atoms with E-state index in [0.29, 0.717) is 36.4 Å². The van der Waals surface area contributed by atoms with E-state index in [1.807, 2.05) is 18.3 Å². The molecule has 5 atom stereocenters. The van der Waals surface area contributed by atoms with Crippen molar-refractivity contribution < 1.29 is 41.3 Å². The quantitative estimate of drug-likeness (QED) is 0.110. The molecule has 0 aromatic heterocycles. The molecule has 2 saturated carbocycles. The van der Waals surface area contributed by atoms with Gasteiger partial charge in [0.2, 0.25) is 0 Å². The van der Waals surface area contributed by atoms with E-state index in [1.54, 1.807) is 6.21 Å². The Morgan fingerprint density at radius 3 is 1.84 bits per heavy atom. The topological polar surface area (TPSA) is 101 Å². The van der Waals surface area contributed by atoms with Crippen molar-refractivity contribution in [3.63, 3.8) is 0 Å². The molecule has 2 aromatic rings. The number of fused-ring (bicyclic) bond motifs is 2. The number of aromatic hydroxyl groups is 2. The van der Waals surface area contributed by atoms with Crippen molar-refractivity contribution in [2.24, 2.45) is 27.7 Å². The van der Waals surface area contributed by atoms with E-state index in [1.165, 1.54) is 5.56 Å². The maximum atomic E-state index is 12.6. The molecule has 3 aliphatic carbocycles. The molecular weight excluding hydrogens is 683 g/mol. The molecule has 0 spiro atoms. The molecule has 0 heterocycles. The Morgan fingerprint density at radius 2 is 1.33 bits per heavy atom. The summed E-state index contributed by atoms with van der Waals surface area (Å²) in [5, 5.41) is 22.7. The first-order chi connectivity index (χ1) is 23.4. The van der Waals surface area contributed by atoms with Crippen LogP contribution in [-0.4, -0.2) is 53.9 Å². The molecule has 5 rings (SSSR count). The van der Waals surface area contributed by atoms with Gasteiger partial charge in [0, 0.05) is 51.5 Å². The normalized spacial score (nSPS) is 23.7. The molecule has 2 bridgehead atoms. The average molecular weight is 744 g/mol. The van der Waals surface area contributed by atoms with E-state index in [4.69, 9.17) is 19.5 Å². The van der Waals surface area contributed by atoms with Gasteiger partial charge < -0.3 is 19.7 Å². The van der Waals surface area contributed by atoms with Gasteiger partial charge in [-0.15, -0.1) is 0 Å². The summed E-state index contributed by atoms with van der Waals surface area (Å²) < 4.78 is 11.5. The molecule has 0 saturated heterocycles. The van der Waals surface area contributed by atoms with Crippen LogP contribution in [0.1, 0.15) is 134 Å². The third-order valence-electron chi connectivity index (χ3n) is 10.6. The number of carbonyl (C=O) groups is 1. The van der Waals surface area contributed by atoms with Crippen LogP contribution in [0.3, 0.4) is 0 Å². The second kappa shape index (κ2) is 16.4. The number of nitrogens with zero attached hydrogens (tertiary/aromatic N) is 2. The molecule has 51 heavy (non-hydrogen) atoms. The van der Waals surface area contributed by atoms with Crippen LogP contribution in [0.4, 0.5) is 0 Å². The molecular formula is C43H60CoN2O5. The van der Waals surface area contributed by atoms with Crippen molar-refractivity contribution in [3.8, 4) is 11.5 Å². The van der Waals surface area contributed by atoms with Crippen molar-refractivity contribution in [1.29, 1.82) is 0 Å². The van der Waals surface area contributed by atoms with Gasteiger partial charge in [-0.2, -0.15) is 0 Å². The van der Waals surface area contributed by atoms with E-state index in [0.717, 1.165) is 60.8 Å². The first kappa shape index (κ1) is 40.8. The molecule has 2 fully saturated rings. The van der Waals surface area contributed by atoms with Gasteiger partial charge in [0.05, 0.1) is 31.2 Å². The Hall–Kier alpha value is -2.94. The number of allylic oxidation sites excluding steroid dienone is 2. The molecule has 281 valence electrons. The van der Waals surface area contributed by atoms with E-state index < -0.39 is 0 Å². The Kier molecular flexibility index (Phi) is 13.1. The Morgan fingerprint density at radius 1 is 0.765 bits per heavy atom. The summed E-state index contributed by atoms with van der Waals surface area (Å²) in [5.74, 6) is 1.26. The van der Waals surface area contributed by atoms with Gasteiger partial charge in [-0.05, 0) is 83.1 Å². The van der Waals surface area contributed by atoms with Crippen molar-refractivity contribution in [3.05, 3.63) is 69.8 Å². The molecule has 3 aliphatic rings. The molecule has 0 amide bonds. The minimum Gasteiger partial charge on any atom is -0.507 e. The fraction of sp³-hybridized carbons (Fsp3) is 0.605. The smallest absolute Gasteiger partial charge is 0.309 e. The van der Waals surface area contributed by atoms with Gasteiger partial charge in [-0.1, -0.05) is 93.4 Å². The monoisotopic (exact) mass is 743 g/mol. The van der Waals surface area contributed by atoms with Gasteiger partial charge in [0.1, 0.15) is 18.1 Å². The van der Waals surface area contributed by atoms with E-state index in [9.17, 15) is 15.0 Å². The van der Waals surface area contributed by atoms with Crippen molar-refractivity contribution >= 4 is 18.4 Å². The number of phenols is 2. The number of benzene rings is 2. The Balaban J connectivity index is 0.00000583. The molecule has 1 radical (unpaired) electrons. The van der Waals surface area contributed by atoms with E-state index >= 15 is 0 Å². The zero-order valence-electron chi connectivity index (χ0n) is 32.2. The first-order valence-corrected chi connectivity index (χ1v) is 18.6. The van der Waals surface area contributed by atoms with Crippen LogP contribution in [0.25, 0.3) is 0 Å². The summed E-state index contributed by atoms with van der Waals surface area (Å²) in [7, 11) is 0. The molecule has 4 unspecified atom stereocenters. The van der Waals surface area contributed by atoms with Gasteiger partial charge >= 0.3 is 5.97 Å². The van der Waals surface area contributed by atoms with Crippen LogP contribution >= 0.6 is 0 Å². The summed E-state index contributed by atoms with van der Waals surface area (Å²) >= 11 is 0. The SMILES string of the molecule is CC(C)(C)c1cc(C=N[C@@H]2CCCCC2N=Cc2cc(COCCOC(=O)C3CC4C=CC3C4)cc(C(C)(C)C)c2O)c(O)c(C(C)(C)C)c1.[Co].